The van der Waals surface area contributed by atoms with E-state index in [4.69, 9.17) is 11.6 Å². The molecule has 1 saturated heterocycles. The van der Waals surface area contributed by atoms with Gasteiger partial charge in [0, 0.05) is 48.5 Å². The Bertz CT molecular complexity index is 988. The first-order valence-corrected chi connectivity index (χ1v) is 10.1. The fraction of sp³-hybridized carbons (Fsp3) is 0.304. The Balaban J connectivity index is 1.35. The molecule has 1 aliphatic heterocycles. The summed E-state index contributed by atoms with van der Waals surface area (Å²) in [6.07, 6.45) is 3.57. The summed E-state index contributed by atoms with van der Waals surface area (Å²) in [5.41, 5.74) is 2.79. The van der Waals surface area contributed by atoms with Gasteiger partial charge in [-0.2, -0.15) is 5.26 Å². The Hall–Kier alpha value is -2.61. The van der Waals surface area contributed by atoms with Gasteiger partial charge in [-0.3, -0.25) is 4.98 Å². The lowest BCUT2D eigenvalue weighted by atomic mass is 9.74. The van der Waals surface area contributed by atoms with E-state index in [1.165, 1.54) is 0 Å². The van der Waals surface area contributed by atoms with Gasteiger partial charge in [-0.05, 0) is 42.7 Å². The van der Waals surface area contributed by atoms with Crippen molar-refractivity contribution < 1.29 is 0 Å². The number of benzene rings is 2. The molecule has 4 nitrogen and oxygen atoms in total. The number of halogens is 1. The summed E-state index contributed by atoms with van der Waals surface area (Å²) in [6.45, 7) is 3.69. The number of rotatable bonds is 5. The van der Waals surface area contributed by atoms with E-state index < -0.39 is 0 Å². The molecule has 0 amide bonds. The standard InChI is InChI=1S/C23H23ClN4/c24-19-6-7-20-21(8-11-26-22(20)16-19)27-12-15-28-13-9-23(17-25,10-14-28)18-4-2-1-3-5-18/h1-8,11,16H,9-10,12-15H2,(H,26,27). The maximum absolute atomic E-state index is 9.83. The van der Waals surface area contributed by atoms with Crippen LogP contribution in [0.15, 0.2) is 60.8 Å². The number of pyridine rings is 1. The number of nitriles is 1. The van der Waals surface area contributed by atoms with Crippen LogP contribution < -0.4 is 5.32 Å². The molecule has 0 radical (unpaired) electrons. The van der Waals surface area contributed by atoms with E-state index in [9.17, 15) is 5.26 Å². The van der Waals surface area contributed by atoms with Crippen LogP contribution in [0.2, 0.25) is 5.02 Å². The van der Waals surface area contributed by atoms with Crippen LogP contribution in [0.4, 0.5) is 5.69 Å². The van der Waals surface area contributed by atoms with Gasteiger partial charge in [-0.1, -0.05) is 41.9 Å². The van der Waals surface area contributed by atoms with Gasteiger partial charge in [-0.25, -0.2) is 0 Å². The van der Waals surface area contributed by atoms with E-state index >= 15 is 0 Å². The summed E-state index contributed by atoms with van der Waals surface area (Å²) >= 11 is 6.07. The van der Waals surface area contributed by atoms with Gasteiger partial charge < -0.3 is 10.2 Å². The number of likely N-dealkylation sites (tertiary alicyclic amines) is 1. The molecule has 3 aromatic rings. The molecular formula is C23H23ClN4. The van der Waals surface area contributed by atoms with E-state index in [1.807, 2.05) is 48.7 Å². The lowest BCUT2D eigenvalue weighted by Gasteiger charge is -2.37. The second-order valence-corrected chi connectivity index (χ2v) is 7.78. The number of aromatic nitrogens is 1. The van der Waals surface area contributed by atoms with Crippen molar-refractivity contribution in [3.63, 3.8) is 0 Å². The maximum Gasteiger partial charge on any atom is 0.0846 e. The fourth-order valence-corrected chi connectivity index (χ4v) is 4.17. The minimum atomic E-state index is -0.342. The van der Waals surface area contributed by atoms with Gasteiger partial charge in [0.25, 0.3) is 0 Å². The third-order valence-electron chi connectivity index (χ3n) is 5.70. The molecule has 2 heterocycles. The SMILES string of the molecule is N#CC1(c2ccccc2)CCN(CCNc2ccnc3cc(Cl)ccc23)CC1. The highest BCUT2D eigenvalue weighted by Crippen LogP contribution is 2.34. The van der Waals surface area contributed by atoms with Crippen molar-refractivity contribution in [1.82, 2.24) is 9.88 Å². The van der Waals surface area contributed by atoms with E-state index in [-0.39, 0.29) is 5.41 Å². The maximum atomic E-state index is 9.83. The summed E-state index contributed by atoms with van der Waals surface area (Å²) < 4.78 is 0. The lowest BCUT2D eigenvalue weighted by Crippen LogP contribution is -2.43. The van der Waals surface area contributed by atoms with Crippen molar-refractivity contribution in [2.75, 3.05) is 31.5 Å². The average Bonchev–Trinajstić information content (AvgIpc) is 2.75. The smallest absolute Gasteiger partial charge is 0.0846 e. The van der Waals surface area contributed by atoms with Gasteiger partial charge in [0.15, 0.2) is 0 Å². The first kappa shape index (κ1) is 18.7. The molecule has 0 atom stereocenters. The zero-order chi connectivity index (χ0) is 19.4. The fourth-order valence-electron chi connectivity index (χ4n) is 4.00. The van der Waals surface area contributed by atoms with E-state index in [0.29, 0.717) is 5.02 Å². The zero-order valence-electron chi connectivity index (χ0n) is 15.7. The highest BCUT2D eigenvalue weighted by molar-refractivity contribution is 6.31. The van der Waals surface area contributed by atoms with E-state index in [1.54, 1.807) is 0 Å². The second kappa shape index (κ2) is 8.18. The minimum absolute atomic E-state index is 0.342. The number of nitrogens with one attached hydrogen (secondary N) is 1. The Labute approximate surface area is 170 Å². The van der Waals surface area contributed by atoms with Crippen molar-refractivity contribution in [2.45, 2.75) is 18.3 Å². The van der Waals surface area contributed by atoms with Crippen LogP contribution in [-0.4, -0.2) is 36.1 Å². The molecule has 0 unspecified atom stereocenters. The van der Waals surface area contributed by atoms with Gasteiger partial charge in [0.05, 0.1) is 17.0 Å². The third kappa shape index (κ3) is 3.82. The molecule has 0 bridgehead atoms. The molecule has 0 aliphatic carbocycles. The topological polar surface area (TPSA) is 52.0 Å². The molecule has 28 heavy (non-hydrogen) atoms. The predicted octanol–water partition coefficient (Wildman–Crippen LogP) is 4.86. The summed E-state index contributed by atoms with van der Waals surface area (Å²) in [7, 11) is 0. The Morgan fingerprint density at radius 2 is 1.89 bits per heavy atom. The highest BCUT2D eigenvalue weighted by Gasteiger charge is 2.36. The molecule has 1 N–H and O–H groups in total. The quantitative estimate of drug-likeness (QED) is 0.676. The van der Waals surface area contributed by atoms with E-state index in [2.05, 4.69) is 33.4 Å². The van der Waals surface area contributed by atoms with Crippen molar-refractivity contribution in [2.24, 2.45) is 0 Å². The average molecular weight is 391 g/mol. The molecular weight excluding hydrogens is 368 g/mol. The van der Waals surface area contributed by atoms with Crippen LogP contribution in [0, 0.1) is 11.3 Å². The lowest BCUT2D eigenvalue weighted by molar-refractivity contribution is 0.192. The Kier molecular flexibility index (Phi) is 5.47. The molecule has 142 valence electrons. The Morgan fingerprint density at radius 3 is 2.64 bits per heavy atom. The summed E-state index contributed by atoms with van der Waals surface area (Å²) in [5.74, 6) is 0. The monoisotopic (exact) mass is 390 g/mol. The van der Waals surface area contributed by atoms with Crippen molar-refractivity contribution in [3.05, 3.63) is 71.4 Å². The number of piperidine rings is 1. The van der Waals surface area contributed by atoms with Crippen molar-refractivity contribution in [3.8, 4) is 6.07 Å². The highest BCUT2D eigenvalue weighted by atomic mass is 35.5. The summed E-state index contributed by atoms with van der Waals surface area (Å²) in [6, 6.07) is 20.6. The minimum Gasteiger partial charge on any atom is -0.383 e. The van der Waals surface area contributed by atoms with Crippen LogP contribution in [0.3, 0.4) is 0 Å². The second-order valence-electron chi connectivity index (χ2n) is 7.35. The largest absolute Gasteiger partial charge is 0.383 e. The molecule has 4 rings (SSSR count). The van der Waals surface area contributed by atoms with Crippen LogP contribution in [-0.2, 0) is 5.41 Å². The van der Waals surface area contributed by atoms with Crippen LogP contribution in [0.1, 0.15) is 18.4 Å². The molecule has 1 aromatic heterocycles. The number of nitrogens with zero attached hydrogens (tertiary/aromatic N) is 3. The van der Waals surface area contributed by atoms with Crippen molar-refractivity contribution >= 4 is 28.2 Å². The molecule has 1 aliphatic rings. The van der Waals surface area contributed by atoms with Gasteiger partial charge in [0.1, 0.15) is 0 Å². The van der Waals surface area contributed by atoms with Crippen LogP contribution >= 0.6 is 11.6 Å². The predicted molar refractivity (Wildman–Crippen MR) is 115 cm³/mol. The molecule has 0 saturated carbocycles. The molecule has 0 spiro atoms. The first-order chi connectivity index (χ1) is 13.7. The van der Waals surface area contributed by atoms with Gasteiger partial charge >= 0.3 is 0 Å². The van der Waals surface area contributed by atoms with Crippen molar-refractivity contribution in [1.29, 1.82) is 5.26 Å². The van der Waals surface area contributed by atoms with Crippen LogP contribution in [0.25, 0.3) is 10.9 Å². The third-order valence-corrected chi connectivity index (χ3v) is 5.93. The number of anilines is 1. The number of hydrogen-bond acceptors (Lipinski definition) is 4. The van der Waals surface area contributed by atoms with E-state index in [0.717, 1.165) is 61.2 Å². The summed E-state index contributed by atoms with van der Waals surface area (Å²) in [5, 5.41) is 15.1. The molecule has 5 heteroatoms. The Morgan fingerprint density at radius 1 is 1.11 bits per heavy atom. The van der Waals surface area contributed by atoms with Gasteiger partial charge in [-0.15, -0.1) is 0 Å². The number of fused-ring (bicyclic) bond motifs is 1. The van der Waals surface area contributed by atoms with Crippen LogP contribution in [0.5, 0.6) is 0 Å². The van der Waals surface area contributed by atoms with Gasteiger partial charge in [0.2, 0.25) is 0 Å². The zero-order valence-corrected chi connectivity index (χ0v) is 16.5. The number of hydrogen-bond donors (Lipinski definition) is 1. The normalized spacial score (nSPS) is 16.6. The molecule has 1 fully saturated rings. The first-order valence-electron chi connectivity index (χ1n) is 9.67. The molecule has 2 aromatic carbocycles. The summed E-state index contributed by atoms with van der Waals surface area (Å²) in [4.78, 5) is 6.83.